The van der Waals surface area contributed by atoms with E-state index in [2.05, 4.69) is 10.1 Å². The smallest absolute Gasteiger partial charge is 0.423 e. The fourth-order valence-electron chi connectivity index (χ4n) is 1.78. The molecule has 1 aromatic carbocycles. The van der Waals surface area contributed by atoms with E-state index in [1.807, 2.05) is 36.4 Å². The van der Waals surface area contributed by atoms with Gasteiger partial charge in [-0.3, -0.25) is 0 Å². The highest BCUT2D eigenvalue weighted by Gasteiger charge is 2.14. The molecule has 0 unspecified atom stereocenters. The van der Waals surface area contributed by atoms with Gasteiger partial charge in [-0.25, -0.2) is 9.67 Å². The molecule has 0 aliphatic carbocycles. The number of benzene rings is 1. The van der Waals surface area contributed by atoms with E-state index in [1.54, 1.807) is 6.20 Å². The van der Waals surface area contributed by atoms with E-state index >= 15 is 0 Å². The summed E-state index contributed by atoms with van der Waals surface area (Å²) in [6.07, 6.45) is 2.95. The molecular weight excluding hydrogens is 229 g/mol. The molecule has 3 rings (SSSR count). The lowest BCUT2D eigenvalue weighted by atomic mass is 9.83. The van der Waals surface area contributed by atoms with Crippen molar-refractivity contribution >= 4 is 23.5 Å². The van der Waals surface area contributed by atoms with E-state index in [0.717, 1.165) is 10.9 Å². The van der Waals surface area contributed by atoms with Crippen LogP contribution in [0.4, 0.5) is 0 Å². The fourth-order valence-corrected chi connectivity index (χ4v) is 1.78. The molecule has 6 heteroatoms. The Hall–Kier alpha value is -2.18. The Morgan fingerprint density at radius 2 is 1.89 bits per heavy atom. The molecule has 0 amide bonds. The van der Waals surface area contributed by atoms with E-state index in [0.29, 0.717) is 11.3 Å². The lowest BCUT2D eigenvalue weighted by Gasteiger charge is -2.02. The van der Waals surface area contributed by atoms with Gasteiger partial charge in [-0.05, 0) is 18.2 Å². The quantitative estimate of drug-likeness (QED) is 0.622. The minimum atomic E-state index is -1.51. The van der Waals surface area contributed by atoms with Crippen molar-refractivity contribution in [3.8, 4) is 5.82 Å². The highest BCUT2D eigenvalue weighted by molar-refractivity contribution is 6.58. The first-order chi connectivity index (χ1) is 8.74. The number of nitrogens with zero attached hydrogens (tertiary/aromatic N) is 3. The summed E-state index contributed by atoms with van der Waals surface area (Å²) in [6.45, 7) is 0. The van der Waals surface area contributed by atoms with Crippen LogP contribution in [0, 0.1) is 0 Å². The summed E-state index contributed by atoms with van der Waals surface area (Å²) < 4.78 is 1.52. The third kappa shape index (κ3) is 1.87. The van der Waals surface area contributed by atoms with Crippen LogP contribution in [0.25, 0.3) is 16.7 Å². The highest BCUT2D eigenvalue weighted by atomic mass is 16.4. The van der Waals surface area contributed by atoms with Crippen molar-refractivity contribution in [3.63, 3.8) is 0 Å². The maximum absolute atomic E-state index is 9.04. The number of pyridine rings is 1. The molecule has 0 spiro atoms. The lowest BCUT2D eigenvalue weighted by Crippen LogP contribution is -2.28. The second-order valence-corrected chi connectivity index (χ2v) is 3.95. The Balaban J connectivity index is 2.07. The molecule has 0 aliphatic heterocycles. The van der Waals surface area contributed by atoms with Gasteiger partial charge in [0.15, 0.2) is 5.82 Å². The van der Waals surface area contributed by atoms with Crippen LogP contribution in [0.15, 0.2) is 48.8 Å². The zero-order valence-corrected chi connectivity index (χ0v) is 9.43. The minimum Gasteiger partial charge on any atom is -0.423 e. The molecule has 0 aliphatic rings. The number of hydrogen-bond acceptors (Lipinski definition) is 4. The van der Waals surface area contributed by atoms with Gasteiger partial charge >= 0.3 is 7.12 Å². The van der Waals surface area contributed by atoms with E-state index in [1.165, 1.54) is 10.9 Å². The summed E-state index contributed by atoms with van der Waals surface area (Å²) in [7, 11) is -1.51. The van der Waals surface area contributed by atoms with Crippen LogP contribution in [0.2, 0.25) is 0 Å². The van der Waals surface area contributed by atoms with E-state index in [4.69, 9.17) is 10.0 Å². The molecule has 0 saturated heterocycles. The topological polar surface area (TPSA) is 71.2 Å². The number of rotatable bonds is 2. The Bertz CT molecular complexity index is 696. The third-order valence-corrected chi connectivity index (χ3v) is 2.72. The monoisotopic (exact) mass is 239 g/mol. The zero-order valence-electron chi connectivity index (χ0n) is 9.43. The van der Waals surface area contributed by atoms with Crippen LogP contribution in [-0.4, -0.2) is 31.9 Å². The number of aromatic nitrogens is 3. The maximum atomic E-state index is 9.04. The van der Waals surface area contributed by atoms with Crippen LogP contribution in [0.1, 0.15) is 0 Å². The summed E-state index contributed by atoms with van der Waals surface area (Å²) in [5.74, 6) is 0.639. The summed E-state index contributed by atoms with van der Waals surface area (Å²) >= 11 is 0. The molecule has 0 atom stereocenters. The zero-order chi connectivity index (χ0) is 12.5. The molecule has 0 bridgehead atoms. The molecular formula is C12H10BN3O2. The van der Waals surface area contributed by atoms with Crippen LogP contribution >= 0.6 is 0 Å². The summed E-state index contributed by atoms with van der Waals surface area (Å²) in [6, 6.07) is 11.6. The molecule has 3 aromatic rings. The first-order valence-electron chi connectivity index (χ1n) is 5.51. The number of para-hydroxylation sites is 1. The van der Waals surface area contributed by atoms with Crippen molar-refractivity contribution in [2.24, 2.45) is 0 Å². The summed E-state index contributed by atoms with van der Waals surface area (Å²) in [5.41, 5.74) is 1.21. The molecule has 5 nitrogen and oxygen atoms in total. The molecule has 0 radical (unpaired) electrons. The van der Waals surface area contributed by atoms with Crippen molar-refractivity contribution in [2.75, 3.05) is 0 Å². The molecule has 0 saturated carbocycles. The van der Waals surface area contributed by atoms with Crippen molar-refractivity contribution in [1.82, 2.24) is 14.8 Å². The Morgan fingerprint density at radius 3 is 2.67 bits per heavy atom. The maximum Gasteiger partial charge on any atom is 0.491 e. The average Bonchev–Trinajstić information content (AvgIpc) is 2.88. The van der Waals surface area contributed by atoms with Crippen LogP contribution < -0.4 is 5.46 Å². The van der Waals surface area contributed by atoms with Crippen molar-refractivity contribution < 1.29 is 10.0 Å². The van der Waals surface area contributed by atoms with Gasteiger partial charge in [0, 0.05) is 23.2 Å². The van der Waals surface area contributed by atoms with Gasteiger partial charge in [0.25, 0.3) is 0 Å². The molecule has 2 N–H and O–H groups in total. The van der Waals surface area contributed by atoms with Gasteiger partial charge in [-0.15, -0.1) is 0 Å². The van der Waals surface area contributed by atoms with Gasteiger partial charge < -0.3 is 10.0 Å². The standard InChI is InChI=1S/C12H10BN3O2/c17-13(18)10-7-14-16(8-10)12-6-5-9-3-1-2-4-11(9)15-12/h1-8,17-18H. The SMILES string of the molecule is OB(O)c1cnn(-c2ccc3ccccc3n2)c1. The molecule has 0 fully saturated rings. The normalized spacial score (nSPS) is 10.8. The van der Waals surface area contributed by atoms with E-state index in [9.17, 15) is 0 Å². The van der Waals surface area contributed by atoms with Crippen LogP contribution in [0.3, 0.4) is 0 Å². The largest absolute Gasteiger partial charge is 0.491 e. The molecule has 2 aromatic heterocycles. The average molecular weight is 239 g/mol. The second kappa shape index (κ2) is 4.25. The van der Waals surface area contributed by atoms with Gasteiger partial charge in [-0.1, -0.05) is 18.2 Å². The molecule has 2 heterocycles. The Morgan fingerprint density at radius 1 is 1.06 bits per heavy atom. The van der Waals surface area contributed by atoms with Gasteiger partial charge in [-0.2, -0.15) is 5.10 Å². The van der Waals surface area contributed by atoms with Crippen molar-refractivity contribution in [1.29, 1.82) is 0 Å². The number of fused-ring (bicyclic) bond motifs is 1. The van der Waals surface area contributed by atoms with Gasteiger partial charge in [0.1, 0.15) is 0 Å². The first-order valence-corrected chi connectivity index (χ1v) is 5.51. The van der Waals surface area contributed by atoms with Gasteiger partial charge in [0.05, 0.1) is 5.52 Å². The summed E-state index contributed by atoms with van der Waals surface area (Å²) in [4.78, 5) is 4.46. The van der Waals surface area contributed by atoms with E-state index in [-0.39, 0.29) is 0 Å². The number of hydrogen-bond donors (Lipinski definition) is 2. The van der Waals surface area contributed by atoms with Crippen molar-refractivity contribution in [3.05, 3.63) is 48.8 Å². The summed E-state index contributed by atoms with van der Waals surface area (Å²) in [5, 5.41) is 23.2. The van der Waals surface area contributed by atoms with Gasteiger partial charge in [0.2, 0.25) is 0 Å². The Kier molecular flexibility index (Phi) is 2.58. The van der Waals surface area contributed by atoms with E-state index < -0.39 is 7.12 Å². The van der Waals surface area contributed by atoms with Crippen LogP contribution in [-0.2, 0) is 0 Å². The highest BCUT2D eigenvalue weighted by Crippen LogP contribution is 2.13. The molecule has 18 heavy (non-hydrogen) atoms. The van der Waals surface area contributed by atoms with Crippen LogP contribution in [0.5, 0.6) is 0 Å². The predicted octanol–water partition coefficient (Wildman–Crippen LogP) is 0.100. The predicted molar refractivity (Wildman–Crippen MR) is 68.7 cm³/mol. The minimum absolute atomic E-state index is 0.338. The fraction of sp³-hybridized carbons (Fsp3) is 0. The Labute approximate surface area is 103 Å². The lowest BCUT2D eigenvalue weighted by molar-refractivity contribution is 0.426. The van der Waals surface area contributed by atoms with Crippen molar-refractivity contribution in [2.45, 2.75) is 0 Å². The molecule has 88 valence electrons. The third-order valence-electron chi connectivity index (χ3n) is 2.72. The first kappa shape index (κ1) is 10.9. The second-order valence-electron chi connectivity index (χ2n) is 3.95.